The minimum atomic E-state index is -1.04. The summed E-state index contributed by atoms with van der Waals surface area (Å²) in [4.78, 5) is 25.1. The number of nitrogens with one attached hydrogen (secondary N) is 2. The molecule has 0 saturated heterocycles. The van der Waals surface area contributed by atoms with Crippen molar-refractivity contribution in [3.05, 3.63) is 101 Å². The highest BCUT2D eigenvalue weighted by molar-refractivity contribution is 9.10. The Morgan fingerprint density at radius 3 is 2.32 bits per heavy atom. The van der Waals surface area contributed by atoms with Crippen LogP contribution in [0.2, 0.25) is 0 Å². The number of anilines is 1. The molecule has 0 radical (unpaired) electrons. The number of alkyl halides is 1. The van der Waals surface area contributed by atoms with Crippen LogP contribution in [0.25, 0.3) is 5.57 Å². The Labute approximate surface area is 210 Å². The van der Waals surface area contributed by atoms with Crippen molar-refractivity contribution in [1.29, 1.82) is 0 Å². The monoisotopic (exact) mass is 536 g/mol. The van der Waals surface area contributed by atoms with E-state index in [1.807, 2.05) is 78.9 Å². The highest BCUT2D eigenvalue weighted by atomic mass is 79.9. The first-order valence-electron chi connectivity index (χ1n) is 11.0. The van der Waals surface area contributed by atoms with E-state index >= 15 is 0 Å². The standard InChI is InChI=1S/C26H22BrClN4O2/c27-22-17-21(23(33)30-25(15-16-25)24(34)29-20-9-5-2-6-10-20)32(31-22)26(28)13-11-19(12-14-26)18-7-3-1-4-8-18/h1-13,17H,14-16H2,(H,29,34)(H,30,33). The second-order valence-electron chi connectivity index (χ2n) is 8.50. The van der Waals surface area contributed by atoms with Gasteiger partial charge in [-0.05, 0) is 58.1 Å². The third-order valence-corrected chi connectivity index (χ3v) is 6.89. The number of rotatable bonds is 6. The third-order valence-electron chi connectivity index (χ3n) is 6.07. The van der Waals surface area contributed by atoms with E-state index in [0.29, 0.717) is 29.6 Å². The van der Waals surface area contributed by atoms with Gasteiger partial charge in [0.2, 0.25) is 5.91 Å². The van der Waals surface area contributed by atoms with Crippen molar-refractivity contribution >= 4 is 50.6 Å². The number of halogens is 2. The van der Waals surface area contributed by atoms with Crippen LogP contribution in [0.4, 0.5) is 5.69 Å². The number of aromatic nitrogens is 2. The van der Waals surface area contributed by atoms with Crippen LogP contribution in [0, 0.1) is 0 Å². The summed E-state index contributed by atoms with van der Waals surface area (Å²) in [6, 6.07) is 20.8. The van der Waals surface area contributed by atoms with Crippen molar-refractivity contribution in [3.63, 3.8) is 0 Å². The Bertz CT molecular complexity index is 1300. The Morgan fingerprint density at radius 2 is 1.71 bits per heavy atom. The lowest BCUT2D eigenvalue weighted by atomic mass is 9.96. The fraction of sp³-hybridized carbons (Fsp3) is 0.192. The van der Waals surface area contributed by atoms with E-state index < -0.39 is 16.4 Å². The van der Waals surface area contributed by atoms with Crippen molar-refractivity contribution in [2.75, 3.05) is 5.32 Å². The van der Waals surface area contributed by atoms with E-state index in [-0.39, 0.29) is 11.6 Å². The van der Waals surface area contributed by atoms with Crippen LogP contribution in [-0.4, -0.2) is 27.1 Å². The molecule has 2 N–H and O–H groups in total. The summed E-state index contributed by atoms with van der Waals surface area (Å²) in [5.41, 5.74) is 2.19. The zero-order chi connectivity index (χ0) is 23.8. The van der Waals surface area contributed by atoms with Crippen molar-refractivity contribution < 1.29 is 9.59 Å². The molecule has 2 aliphatic rings. The number of nitrogens with zero attached hydrogens (tertiary/aromatic N) is 2. The van der Waals surface area contributed by atoms with Gasteiger partial charge in [-0.1, -0.05) is 72.3 Å². The lowest BCUT2D eigenvalue weighted by molar-refractivity contribution is -0.118. The summed E-state index contributed by atoms with van der Waals surface area (Å²) < 4.78 is 2.00. The molecule has 6 nitrogen and oxygen atoms in total. The van der Waals surface area contributed by atoms with Crippen molar-refractivity contribution in [1.82, 2.24) is 15.1 Å². The fourth-order valence-corrected chi connectivity index (χ4v) is 4.64. The molecule has 1 saturated carbocycles. The van der Waals surface area contributed by atoms with Crippen LogP contribution < -0.4 is 10.6 Å². The maximum atomic E-state index is 13.3. The van der Waals surface area contributed by atoms with Crippen molar-refractivity contribution in [2.45, 2.75) is 29.8 Å². The molecule has 0 spiro atoms. The zero-order valence-electron chi connectivity index (χ0n) is 18.2. The van der Waals surface area contributed by atoms with E-state index in [0.717, 1.165) is 11.1 Å². The summed E-state index contributed by atoms with van der Waals surface area (Å²) in [7, 11) is 0. The van der Waals surface area contributed by atoms with Crippen LogP contribution in [0.1, 0.15) is 35.3 Å². The van der Waals surface area contributed by atoms with Crippen LogP contribution in [-0.2, 0) is 9.79 Å². The molecular weight excluding hydrogens is 516 g/mol. The van der Waals surface area contributed by atoms with E-state index in [9.17, 15) is 9.59 Å². The lowest BCUT2D eigenvalue weighted by Gasteiger charge is -2.28. The zero-order valence-corrected chi connectivity index (χ0v) is 20.5. The van der Waals surface area contributed by atoms with Gasteiger partial charge in [0, 0.05) is 18.2 Å². The summed E-state index contributed by atoms with van der Waals surface area (Å²) in [5, 5.41) is 10.2. The maximum Gasteiger partial charge on any atom is 0.270 e. The number of benzene rings is 2. The molecule has 1 heterocycles. The predicted molar refractivity (Wildman–Crippen MR) is 136 cm³/mol. The third kappa shape index (κ3) is 4.45. The van der Waals surface area contributed by atoms with E-state index in [1.165, 1.54) is 4.68 Å². The van der Waals surface area contributed by atoms with Gasteiger partial charge < -0.3 is 10.6 Å². The van der Waals surface area contributed by atoms with Crippen LogP contribution in [0.3, 0.4) is 0 Å². The van der Waals surface area contributed by atoms with Gasteiger partial charge in [0.15, 0.2) is 5.00 Å². The van der Waals surface area contributed by atoms with Gasteiger partial charge in [0.1, 0.15) is 15.8 Å². The van der Waals surface area contributed by atoms with Crippen LogP contribution in [0.5, 0.6) is 0 Å². The molecular formula is C26H22BrClN4O2. The highest BCUT2D eigenvalue weighted by Crippen LogP contribution is 2.39. The minimum Gasteiger partial charge on any atom is -0.336 e. The quantitative estimate of drug-likeness (QED) is 0.409. The van der Waals surface area contributed by atoms with Crippen LogP contribution >= 0.6 is 27.5 Å². The normalized spacial score (nSPS) is 20.4. The van der Waals surface area contributed by atoms with Gasteiger partial charge in [0.05, 0.1) is 0 Å². The molecule has 2 amide bonds. The molecule has 8 heteroatoms. The summed E-state index contributed by atoms with van der Waals surface area (Å²) in [5.74, 6) is -0.629. The molecule has 0 aliphatic heterocycles. The SMILES string of the molecule is O=C(NC1(C(=O)Nc2ccccc2)CC1)c1cc(Br)nn1C1(Cl)C=CC(c2ccccc2)=CC1. The topological polar surface area (TPSA) is 76.0 Å². The van der Waals surface area contributed by atoms with E-state index in [2.05, 4.69) is 31.7 Å². The molecule has 34 heavy (non-hydrogen) atoms. The first-order valence-corrected chi connectivity index (χ1v) is 12.1. The molecule has 2 aliphatic carbocycles. The summed E-state index contributed by atoms with van der Waals surface area (Å²) in [6.07, 6.45) is 7.42. The summed E-state index contributed by atoms with van der Waals surface area (Å²) >= 11 is 10.3. The number of allylic oxidation sites excluding steroid dienone is 4. The second kappa shape index (κ2) is 8.89. The molecule has 1 fully saturated rings. The van der Waals surface area contributed by atoms with Gasteiger partial charge in [-0.25, -0.2) is 4.68 Å². The Hall–Kier alpha value is -3.16. The maximum absolute atomic E-state index is 13.3. The smallest absolute Gasteiger partial charge is 0.270 e. The predicted octanol–water partition coefficient (Wildman–Crippen LogP) is 5.48. The molecule has 1 atom stereocenters. The first-order chi connectivity index (χ1) is 16.4. The molecule has 1 unspecified atom stereocenters. The average molecular weight is 538 g/mol. The van der Waals surface area contributed by atoms with Crippen LogP contribution in [0.15, 0.2) is 89.6 Å². The van der Waals surface area contributed by atoms with Crippen molar-refractivity contribution in [2.24, 2.45) is 0 Å². The molecule has 5 rings (SSSR count). The lowest BCUT2D eigenvalue weighted by Crippen LogP contribution is -2.47. The molecule has 172 valence electrons. The van der Waals surface area contributed by atoms with Crippen molar-refractivity contribution in [3.8, 4) is 0 Å². The molecule has 2 aromatic carbocycles. The van der Waals surface area contributed by atoms with Gasteiger partial charge in [-0.15, -0.1) is 0 Å². The number of hydrogen-bond acceptors (Lipinski definition) is 3. The number of amides is 2. The largest absolute Gasteiger partial charge is 0.336 e. The number of carbonyl (C=O) groups is 2. The highest BCUT2D eigenvalue weighted by Gasteiger charge is 2.52. The summed E-state index contributed by atoms with van der Waals surface area (Å²) in [6.45, 7) is 0. The first kappa shape index (κ1) is 22.6. The van der Waals surface area contributed by atoms with Gasteiger partial charge in [0.25, 0.3) is 5.91 Å². The molecule has 3 aromatic rings. The van der Waals surface area contributed by atoms with E-state index in [4.69, 9.17) is 11.6 Å². The average Bonchev–Trinajstić information content (AvgIpc) is 3.52. The minimum absolute atomic E-state index is 0.231. The molecule has 1 aromatic heterocycles. The Morgan fingerprint density at radius 1 is 1.03 bits per heavy atom. The van der Waals surface area contributed by atoms with E-state index in [1.54, 1.807) is 6.07 Å². The number of para-hydroxylation sites is 1. The number of hydrogen-bond donors (Lipinski definition) is 2. The Balaban J connectivity index is 1.34. The number of carbonyl (C=O) groups excluding carboxylic acids is 2. The Kier molecular flexibility index (Phi) is 5.91. The molecule has 0 bridgehead atoms. The van der Waals surface area contributed by atoms with Gasteiger partial charge in [-0.2, -0.15) is 5.10 Å². The van der Waals surface area contributed by atoms with Gasteiger partial charge >= 0.3 is 0 Å². The fourth-order valence-electron chi connectivity index (χ4n) is 3.99. The van der Waals surface area contributed by atoms with Gasteiger partial charge in [-0.3, -0.25) is 9.59 Å². The second-order valence-corrected chi connectivity index (χ2v) is 9.97.